The molecule has 1 spiro atoms. The van der Waals surface area contributed by atoms with Gasteiger partial charge in [-0.25, -0.2) is 0 Å². The topological polar surface area (TPSA) is 134 Å². The molecular weight excluding hydrogens is 528 g/mol. The third-order valence-corrected chi connectivity index (χ3v) is 9.67. The Labute approximate surface area is 244 Å². The van der Waals surface area contributed by atoms with Crippen molar-refractivity contribution in [2.45, 2.75) is 47.0 Å². The van der Waals surface area contributed by atoms with Crippen LogP contribution in [0.2, 0.25) is 0 Å². The minimum Gasteiger partial charge on any atom is -0.481 e. The third-order valence-electron chi connectivity index (χ3n) is 9.67. The Bertz CT molecular complexity index is 1890. The van der Waals surface area contributed by atoms with Crippen LogP contribution in [0.4, 0.5) is 0 Å². The van der Waals surface area contributed by atoms with Gasteiger partial charge in [-0.05, 0) is 80.2 Å². The van der Waals surface area contributed by atoms with Crippen LogP contribution in [0.25, 0.3) is 36.5 Å². The van der Waals surface area contributed by atoms with Crippen LogP contribution in [0.1, 0.15) is 75.9 Å². The molecule has 3 aliphatic rings. The quantitative estimate of drug-likeness (QED) is 0.261. The minimum atomic E-state index is -0.866. The van der Waals surface area contributed by atoms with E-state index in [2.05, 4.69) is 72.4 Å². The average molecular weight is 565 g/mol. The molecule has 0 amide bonds. The van der Waals surface area contributed by atoms with Crippen LogP contribution in [-0.4, -0.2) is 37.1 Å². The lowest BCUT2D eigenvalue weighted by molar-refractivity contribution is -0.139. The highest BCUT2D eigenvalue weighted by Crippen LogP contribution is 2.67. The second-order valence-corrected chi connectivity index (χ2v) is 11.8. The SMILES string of the molecule is C=Cc1c2[nH]c(c1C)/C=c1\[nH]/c(c(C)c1C=C)=C\c1[nH]c(c(CCC(=O)O)c1C)/C=C1\N/C(=C\2)C(C)[C@@]12CC2C(=O)O. The largest absolute Gasteiger partial charge is 0.481 e. The molecule has 1 saturated carbocycles. The molecule has 3 atom stereocenters. The summed E-state index contributed by atoms with van der Waals surface area (Å²) in [4.78, 5) is 34.5. The maximum absolute atomic E-state index is 12.3. The highest BCUT2D eigenvalue weighted by atomic mass is 16.4. The lowest BCUT2D eigenvalue weighted by atomic mass is 9.86. The van der Waals surface area contributed by atoms with E-state index in [0.29, 0.717) is 12.8 Å². The van der Waals surface area contributed by atoms with Crippen LogP contribution in [0.15, 0.2) is 24.6 Å². The molecule has 8 nitrogen and oxygen atoms in total. The van der Waals surface area contributed by atoms with Gasteiger partial charge >= 0.3 is 11.9 Å². The van der Waals surface area contributed by atoms with Gasteiger partial charge in [-0.15, -0.1) is 0 Å². The van der Waals surface area contributed by atoms with Crippen LogP contribution in [-0.2, 0) is 16.0 Å². The monoisotopic (exact) mass is 564 g/mol. The summed E-state index contributed by atoms with van der Waals surface area (Å²) in [6, 6.07) is 0. The van der Waals surface area contributed by atoms with Gasteiger partial charge in [-0.1, -0.05) is 32.2 Å². The van der Waals surface area contributed by atoms with E-state index in [4.69, 9.17) is 0 Å². The Morgan fingerprint density at radius 2 is 1.55 bits per heavy atom. The van der Waals surface area contributed by atoms with Crippen molar-refractivity contribution in [1.29, 1.82) is 0 Å². The zero-order chi connectivity index (χ0) is 30.1. The molecular formula is C34H36N4O4. The molecule has 2 fully saturated rings. The number of carbonyl (C=O) groups is 2. The summed E-state index contributed by atoms with van der Waals surface area (Å²) in [5.74, 6) is -2.25. The maximum Gasteiger partial charge on any atom is 0.307 e. The van der Waals surface area contributed by atoms with Gasteiger partial charge in [0.2, 0.25) is 0 Å². The number of H-pyrrole nitrogens is 3. The fourth-order valence-corrected chi connectivity index (χ4v) is 7.02. The molecule has 8 bridgehead atoms. The lowest BCUT2D eigenvalue weighted by Gasteiger charge is -2.15. The number of hydrogen-bond acceptors (Lipinski definition) is 3. The van der Waals surface area contributed by atoms with Gasteiger partial charge in [-0.3, -0.25) is 9.59 Å². The van der Waals surface area contributed by atoms with Crippen LogP contribution >= 0.6 is 0 Å². The highest BCUT2D eigenvalue weighted by Gasteiger charge is 2.67. The second-order valence-electron chi connectivity index (χ2n) is 11.8. The Morgan fingerprint density at radius 1 is 0.881 bits per heavy atom. The van der Waals surface area contributed by atoms with E-state index in [1.54, 1.807) is 0 Å². The van der Waals surface area contributed by atoms with Crippen molar-refractivity contribution < 1.29 is 19.8 Å². The minimum absolute atomic E-state index is 0.00789. The van der Waals surface area contributed by atoms with E-state index in [-0.39, 0.29) is 12.3 Å². The van der Waals surface area contributed by atoms with E-state index in [9.17, 15) is 19.8 Å². The summed E-state index contributed by atoms with van der Waals surface area (Å²) in [5, 5.41) is 25.0. The number of carboxylic acids is 2. The average Bonchev–Trinajstić information content (AvgIpc) is 3.32. The molecule has 5 heterocycles. The molecule has 0 radical (unpaired) electrons. The van der Waals surface area contributed by atoms with E-state index >= 15 is 0 Å². The zero-order valence-electron chi connectivity index (χ0n) is 24.4. The first-order valence-corrected chi connectivity index (χ1v) is 14.3. The van der Waals surface area contributed by atoms with Crippen molar-refractivity contribution in [3.63, 3.8) is 0 Å². The molecule has 6 N–H and O–H groups in total. The Hall–Kier alpha value is -4.72. The van der Waals surface area contributed by atoms with E-state index in [0.717, 1.165) is 78.2 Å². The van der Waals surface area contributed by atoms with Gasteiger partial charge < -0.3 is 30.5 Å². The van der Waals surface area contributed by atoms with Gasteiger partial charge in [0.05, 0.1) is 5.92 Å². The first kappa shape index (κ1) is 27.4. The molecule has 216 valence electrons. The molecule has 1 aliphatic carbocycles. The van der Waals surface area contributed by atoms with Crippen molar-refractivity contribution in [1.82, 2.24) is 20.3 Å². The molecule has 42 heavy (non-hydrogen) atoms. The van der Waals surface area contributed by atoms with Crippen molar-refractivity contribution in [2.75, 3.05) is 0 Å². The summed E-state index contributed by atoms with van der Waals surface area (Å²) >= 11 is 0. The van der Waals surface area contributed by atoms with Crippen molar-refractivity contribution >= 4 is 48.4 Å². The highest BCUT2D eigenvalue weighted by molar-refractivity contribution is 5.80. The number of allylic oxidation sites excluding steroid dienone is 2. The van der Waals surface area contributed by atoms with E-state index in [1.807, 2.05) is 25.2 Å². The van der Waals surface area contributed by atoms with E-state index < -0.39 is 23.3 Å². The summed E-state index contributed by atoms with van der Waals surface area (Å²) in [6.45, 7) is 16.3. The van der Waals surface area contributed by atoms with Gasteiger partial charge in [0.25, 0.3) is 0 Å². The number of nitrogens with one attached hydrogen (secondary N) is 4. The van der Waals surface area contributed by atoms with Crippen LogP contribution in [0.3, 0.4) is 0 Å². The van der Waals surface area contributed by atoms with Crippen LogP contribution in [0, 0.1) is 38.0 Å². The number of aromatic nitrogens is 3. The summed E-state index contributed by atoms with van der Waals surface area (Å²) in [7, 11) is 0. The molecule has 6 rings (SSSR count). The van der Waals surface area contributed by atoms with Crippen molar-refractivity contribution in [2.24, 2.45) is 17.3 Å². The number of rotatable bonds is 6. The maximum atomic E-state index is 12.3. The number of aliphatic carboxylic acids is 2. The summed E-state index contributed by atoms with van der Waals surface area (Å²) < 4.78 is 0. The summed E-state index contributed by atoms with van der Waals surface area (Å²) in [5.41, 5.74) is 10.7. The molecule has 2 unspecified atom stereocenters. The van der Waals surface area contributed by atoms with Crippen LogP contribution < -0.4 is 16.0 Å². The molecule has 8 heteroatoms. The number of aromatic amines is 3. The molecule has 0 aromatic carbocycles. The zero-order valence-corrected chi connectivity index (χ0v) is 24.4. The second kappa shape index (κ2) is 9.69. The first-order chi connectivity index (χ1) is 20.0. The normalized spacial score (nSPS) is 26.1. The Morgan fingerprint density at radius 3 is 2.19 bits per heavy atom. The number of fused-ring (bicyclic) bond motifs is 9. The van der Waals surface area contributed by atoms with Gasteiger partial charge in [-0.2, -0.15) is 0 Å². The molecule has 3 aromatic heterocycles. The van der Waals surface area contributed by atoms with Crippen molar-refractivity contribution in [3.8, 4) is 0 Å². The van der Waals surface area contributed by atoms with Gasteiger partial charge in [0.1, 0.15) is 0 Å². The fraction of sp³-hybridized carbons (Fsp3) is 0.294. The van der Waals surface area contributed by atoms with Crippen molar-refractivity contribution in [3.05, 3.63) is 91.4 Å². The van der Waals surface area contributed by atoms with Gasteiger partial charge in [0, 0.05) is 73.7 Å². The fourth-order valence-electron chi connectivity index (χ4n) is 7.02. The third kappa shape index (κ3) is 4.04. The van der Waals surface area contributed by atoms with Crippen LogP contribution in [0.5, 0.6) is 0 Å². The van der Waals surface area contributed by atoms with Gasteiger partial charge in [0.15, 0.2) is 0 Å². The Kier molecular flexibility index (Phi) is 6.33. The lowest BCUT2D eigenvalue weighted by Crippen LogP contribution is -2.16. The van der Waals surface area contributed by atoms with E-state index in [1.165, 1.54) is 0 Å². The predicted molar refractivity (Wildman–Crippen MR) is 166 cm³/mol. The summed E-state index contributed by atoms with van der Waals surface area (Å²) in [6.07, 6.45) is 12.8. The number of carboxylic acid groups (broad SMARTS) is 2. The smallest absolute Gasteiger partial charge is 0.307 e. The predicted octanol–water partition coefficient (Wildman–Crippen LogP) is 4.58. The standard InChI is InChI=1S/C34H36N4O4/c1-7-20-16(3)24-11-25-18(5)22(9-10-32(39)40)30(37-25)14-31-34(15-23(34)33(41)42)19(6)27(38-31)13-29-21(8-2)17(4)26(36-29)12-28(20)35-24/h7-8,11-14,19,23,35-38H,1-2,9-10,15H2,3-6H3,(H,39,40)(H,41,42)/b24-11-,27-13-,28-12-,31-14-/t19?,23?,34-/m1/s1. The molecule has 3 aromatic rings. The first-order valence-electron chi connectivity index (χ1n) is 14.3. The Balaban J connectivity index is 1.68. The molecule has 1 saturated heterocycles. The molecule has 2 aliphatic heterocycles. The number of hydrogen-bond donors (Lipinski definition) is 6.